The van der Waals surface area contributed by atoms with Crippen molar-refractivity contribution >= 4 is 11.7 Å². The van der Waals surface area contributed by atoms with E-state index >= 15 is 0 Å². The van der Waals surface area contributed by atoms with E-state index in [0.717, 1.165) is 0 Å². The summed E-state index contributed by atoms with van der Waals surface area (Å²) in [5.74, 6) is 1.30. The molecule has 0 radical (unpaired) electrons. The maximum absolute atomic E-state index is 11.6. The van der Waals surface area contributed by atoms with Crippen molar-refractivity contribution in [3.8, 4) is 5.75 Å². The Morgan fingerprint density at radius 3 is 2.94 bits per heavy atom. The second kappa shape index (κ2) is 6.73. The molecule has 0 bridgehead atoms. The fourth-order valence-electron chi connectivity index (χ4n) is 1.27. The summed E-state index contributed by atoms with van der Waals surface area (Å²) in [5, 5.41) is 2.99. The van der Waals surface area contributed by atoms with Crippen molar-refractivity contribution in [3.05, 3.63) is 18.3 Å². The van der Waals surface area contributed by atoms with Gasteiger partial charge in [-0.1, -0.05) is 0 Å². The fourth-order valence-corrected chi connectivity index (χ4v) is 1.27. The lowest BCUT2D eigenvalue weighted by molar-refractivity contribution is -0.127. The van der Waals surface area contributed by atoms with Crippen LogP contribution in [-0.4, -0.2) is 42.5 Å². The van der Waals surface area contributed by atoms with E-state index in [-0.39, 0.29) is 12.5 Å². The van der Waals surface area contributed by atoms with E-state index in [1.165, 1.54) is 0 Å². The molecule has 0 aliphatic rings. The van der Waals surface area contributed by atoms with Gasteiger partial charge >= 0.3 is 0 Å². The van der Waals surface area contributed by atoms with Crippen LogP contribution in [-0.2, 0) is 4.79 Å². The van der Waals surface area contributed by atoms with Crippen LogP contribution in [0.2, 0.25) is 0 Å². The highest BCUT2D eigenvalue weighted by atomic mass is 16.5. The first-order valence-corrected chi connectivity index (χ1v) is 5.74. The van der Waals surface area contributed by atoms with Crippen molar-refractivity contribution in [3.63, 3.8) is 0 Å². The van der Waals surface area contributed by atoms with E-state index in [9.17, 15) is 4.79 Å². The van der Waals surface area contributed by atoms with Crippen LogP contribution in [0.1, 0.15) is 13.8 Å². The van der Waals surface area contributed by atoms with Crippen LogP contribution in [0.4, 0.5) is 5.82 Å². The van der Waals surface area contributed by atoms with Crippen molar-refractivity contribution in [2.75, 3.05) is 32.1 Å². The van der Waals surface area contributed by atoms with Gasteiger partial charge in [-0.3, -0.25) is 4.79 Å². The lowest BCUT2D eigenvalue weighted by atomic mass is 10.4. The molecule has 1 rings (SSSR count). The Labute approximate surface area is 102 Å². The summed E-state index contributed by atoms with van der Waals surface area (Å²) in [6, 6.07) is 3.63. The summed E-state index contributed by atoms with van der Waals surface area (Å²) in [7, 11) is 1.77. The highest BCUT2D eigenvalue weighted by Gasteiger charge is 2.08. The van der Waals surface area contributed by atoms with Crippen LogP contribution in [0.3, 0.4) is 0 Å². The molecule has 5 nitrogen and oxygen atoms in total. The number of pyridine rings is 1. The summed E-state index contributed by atoms with van der Waals surface area (Å²) in [4.78, 5) is 17.4. The zero-order valence-corrected chi connectivity index (χ0v) is 10.6. The van der Waals surface area contributed by atoms with Gasteiger partial charge in [-0.15, -0.1) is 0 Å². The molecule has 1 aromatic rings. The number of hydrogen-bond donors (Lipinski definition) is 1. The molecule has 0 aliphatic heterocycles. The second-order valence-corrected chi connectivity index (χ2v) is 3.54. The molecule has 0 aliphatic carbocycles. The zero-order chi connectivity index (χ0) is 12.7. The minimum atomic E-state index is 0.0283. The molecule has 1 heterocycles. The number of ether oxygens (including phenoxy) is 1. The van der Waals surface area contributed by atoms with Crippen LogP contribution in [0.15, 0.2) is 18.3 Å². The first kappa shape index (κ1) is 13.3. The van der Waals surface area contributed by atoms with Crippen molar-refractivity contribution < 1.29 is 9.53 Å². The normalized spacial score (nSPS) is 9.82. The van der Waals surface area contributed by atoms with Gasteiger partial charge in [0.25, 0.3) is 0 Å². The van der Waals surface area contributed by atoms with Crippen molar-refractivity contribution in [1.29, 1.82) is 0 Å². The number of aromatic nitrogens is 1. The molecule has 0 saturated carbocycles. The van der Waals surface area contributed by atoms with Gasteiger partial charge in [0.1, 0.15) is 0 Å². The predicted molar refractivity (Wildman–Crippen MR) is 67.2 cm³/mol. The molecule has 0 atom stereocenters. The number of nitrogens with one attached hydrogen (secondary N) is 1. The topological polar surface area (TPSA) is 54.5 Å². The molecule has 1 amide bonds. The van der Waals surface area contributed by atoms with Gasteiger partial charge in [-0.2, -0.15) is 0 Å². The Hall–Kier alpha value is -1.78. The van der Waals surface area contributed by atoms with E-state index in [1.54, 1.807) is 24.2 Å². The van der Waals surface area contributed by atoms with E-state index in [2.05, 4.69) is 10.3 Å². The summed E-state index contributed by atoms with van der Waals surface area (Å²) in [5.41, 5.74) is 0. The Balaban J connectivity index is 2.59. The smallest absolute Gasteiger partial charge is 0.241 e. The number of nitrogens with zero attached hydrogens (tertiary/aromatic N) is 2. The first-order valence-electron chi connectivity index (χ1n) is 5.74. The fraction of sp³-hybridized carbons (Fsp3) is 0.500. The Morgan fingerprint density at radius 1 is 1.53 bits per heavy atom. The number of carbonyl (C=O) groups is 1. The molecule has 5 heteroatoms. The quantitative estimate of drug-likeness (QED) is 0.812. The largest absolute Gasteiger partial charge is 0.490 e. The van der Waals surface area contributed by atoms with Gasteiger partial charge in [0.05, 0.1) is 13.2 Å². The number of likely N-dealkylation sites (N-methyl/N-ethyl adjacent to an activating group) is 1. The van der Waals surface area contributed by atoms with Crippen molar-refractivity contribution in [2.24, 2.45) is 0 Å². The summed E-state index contributed by atoms with van der Waals surface area (Å²) in [6.07, 6.45) is 1.67. The molecular weight excluding hydrogens is 218 g/mol. The Kier molecular flexibility index (Phi) is 5.26. The standard InChI is InChI=1S/C12H19N3O2/c1-4-15(3)11(16)9-14-12-10(17-5-2)7-6-8-13-12/h6-8H,4-5,9H2,1-3H3,(H,13,14). The average Bonchev–Trinajstić information content (AvgIpc) is 2.36. The van der Waals surface area contributed by atoms with Crippen LogP contribution in [0.5, 0.6) is 5.75 Å². The third-order valence-corrected chi connectivity index (χ3v) is 2.38. The lowest BCUT2D eigenvalue weighted by Gasteiger charge is -2.16. The van der Waals surface area contributed by atoms with E-state index in [1.807, 2.05) is 19.9 Å². The summed E-state index contributed by atoms with van der Waals surface area (Å²) < 4.78 is 5.41. The predicted octanol–water partition coefficient (Wildman–Crippen LogP) is 1.37. The second-order valence-electron chi connectivity index (χ2n) is 3.54. The molecule has 0 saturated heterocycles. The average molecular weight is 237 g/mol. The Bertz CT molecular complexity index is 369. The third-order valence-electron chi connectivity index (χ3n) is 2.38. The van der Waals surface area contributed by atoms with Crippen LogP contribution < -0.4 is 10.1 Å². The van der Waals surface area contributed by atoms with Crippen LogP contribution in [0, 0.1) is 0 Å². The highest BCUT2D eigenvalue weighted by Crippen LogP contribution is 2.20. The molecule has 94 valence electrons. The lowest BCUT2D eigenvalue weighted by Crippen LogP contribution is -2.32. The van der Waals surface area contributed by atoms with Gasteiger partial charge in [-0.05, 0) is 26.0 Å². The van der Waals surface area contributed by atoms with Gasteiger partial charge < -0.3 is 15.0 Å². The van der Waals surface area contributed by atoms with Crippen molar-refractivity contribution in [1.82, 2.24) is 9.88 Å². The SMILES string of the molecule is CCOc1cccnc1NCC(=O)N(C)CC. The molecule has 0 fully saturated rings. The molecule has 0 aromatic carbocycles. The number of amides is 1. The van der Waals surface area contributed by atoms with Crippen LogP contribution in [0.25, 0.3) is 0 Å². The van der Waals surface area contributed by atoms with E-state index in [0.29, 0.717) is 24.7 Å². The Morgan fingerprint density at radius 2 is 2.29 bits per heavy atom. The number of anilines is 1. The summed E-state index contributed by atoms with van der Waals surface area (Å²) >= 11 is 0. The van der Waals surface area contributed by atoms with Gasteiger partial charge in [0.15, 0.2) is 11.6 Å². The van der Waals surface area contributed by atoms with Crippen molar-refractivity contribution in [2.45, 2.75) is 13.8 Å². The van der Waals surface area contributed by atoms with Crippen LogP contribution >= 0.6 is 0 Å². The maximum atomic E-state index is 11.6. The molecule has 1 aromatic heterocycles. The molecule has 1 N–H and O–H groups in total. The molecule has 17 heavy (non-hydrogen) atoms. The molecular formula is C12H19N3O2. The van der Waals surface area contributed by atoms with Gasteiger partial charge in [0, 0.05) is 19.8 Å². The minimum absolute atomic E-state index is 0.0283. The highest BCUT2D eigenvalue weighted by molar-refractivity contribution is 5.80. The monoisotopic (exact) mass is 237 g/mol. The number of hydrogen-bond acceptors (Lipinski definition) is 4. The van der Waals surface area contributed by atoms with Gasteiger partial charge in [0.2, 0.25) is 5.91 Å². The third kappa shape index (κ3) is 3.94. The number of rotatable bonds is 6. The van der Waals surface area contributed by atoms with Gasteiger partial charge in [-0.25, -0.2) is 4.98 Å². The minimum Gasteiger partial charge on any atom is -0.490 e. The maximum Gasteiger partial charge on any atom is 0.241 e. The number of carbonyl (C=O) groups excluding carboxylic acids is 1. The zero-order valence-electron chi connectivity index (χ0n) is 10.6. The summed E-state index contributed by atoms with van der Waals surface area (Å²) in [6.45, 7) is 5.34. The van der Waals surface area contributed by atoms with E-state index in [4.69, 9.17) is 4.74 Å². The molecule has 0 spiro atoms. The first-order chi connectivity index (χ1) is 8.19. The van der Waals surface area contributed by atoms with E-state index < -0.39 is 0 Å². The molecule has 0 unspecified atom stereocenters.